The van der Waals surface area contributed by atoms with Crippen molar-refractivity contribution in [2.24, 2.45) is 0 Å². The lowest BCUT2D eigenvalue weighted by molar-refractivity contribution is -0.116. The van der Waals surface area contributed by atoms with E-state index in [0.717, 1.165) is 5.56 Å². The Morgan fingerprint density at radius 1 is 1.04 bits per heavy atom. The van der Waals surface area contributed by atoms with Crippen LogP contribution < -0.4 is 14.8 Å². The van der Waals surface area contributed by atoms with Crippen molar-refractivity contribution in [1.82, 2.24) is 4.90 Å². The van der Waals surface area contributed by atoms with Crippen molar-refractivity contribution in [1.29, 1.82) is 0 Å². The van der Waals surface area contributed by atoms with E-state index >= 15 is 0 Å². The van der Waals surface area contributed by atoms with Crippen LogP contribution in [-0.2, 0) is 4.79 Å². The molecule has 0 saturated heterocycles. The van der Waals surface area contributed by atoms with Gasteiger partial charge in [-0.3, -0.25) is 9.59 Å². The van der Waals surface area contributed by atoms with Crippen molar-refractivity contribution >= 4 is 17.5 Å². The van der Waals surface area contributed by atoms with Gasteiger partial charge < -0.3 is 19.7 Å². The first-order valence-electron chi connectivity index (χ1n) is 7.79. The van der Waals surface area contributed by atoms with Gasteiger partial charge in [0.1, 0.15) is 0 Å². The molecule has 0 aliphatic rings. The van der Waals surface area contributed by atoms with Gasteiger partial charge in [0, 0.05) is 12.7 Å². The average Bonchev–Trinajstić information content (AvgIpc) is 2.62. The van der Waals surface area contributed by atoms with Crippen LogP contribution in [0.2, 0.25) is 0 Å². The Bertz CT molecular complexity index is 757. The molecule has 0 aliphatic heterocycles. The summed E-state index contributed by atoms with van der Waals surface area (Å²) in [6.45, 7) is 1.90. The highest BCUT2D eigenvalue weighted by Crippen LogP contribution is 2.31. The Labute approximate surface area is 147 Å². The molecule has 0 radical (unpaired) electrons. The molecule has 0 unspecified atom stereocenters. The van der Waals surface area contributed by atoms with E-state index in [2.05, 4.69) is 5.32 Å². The number of aryl methyl sites for hydroxylation is 1. The summed E-state index contributed by atoms with van der Waals surface area (Å²) in [5.41, 5.74) is 2.14. The molecule has 2 aromatic carbocycles. The second-order valence-electron chi connectivity index (χ2n) is 5.62. The van der Waals surface area contributed by atoms with E-state index in [1.54, 1.807) is 25.2 Å². The van der Waals surface area contributed by atoms with E-state index in [9.17, 15) is 9.59 Å². The first-order valence-corrected chi connectivity index (χ1v) is 7.79. The maximum Gasteiger partial charge on any atom is 0.257 e. The molecule has 0 spiro atoms. The van der Waals surface area contributed by atoms with Crippen LogP contribution in [0.15, 0.2) is 42.5 Å². The molecule has 0 saturated carbocycles. The van der Waals surface area contributed by atoms with Gasteiger partial charge in [0.25, 0.3) is 5.91 Å². The number of nitrogens with one attached hydrogen (secondary N) is 1. The van der Waals surface area contributed by atoms with Crippen LogP contribution >= 0.6 is 0 Å². The first kappa shape index (κ1) is 18.3. The zero-order chi connectivity index (χ0) is 18.4. The molecule has 2 rings (SSSR count). The zero-order valence-corrected chi connectivity index (χ0v) is 14.8. The summed E-state index contributed by atoms with van der Waals surface area (Å²) in [7, 11) is 4.54. The number of amides is 2. The number of nitrogens with zero attached hydrogens (tertiary/aromatic N) is 1. The smallest absolute Gasteiger partial charge is 0.257 e. The fraction of sp³-hybridized carbons (Fsp3) is 0.263. The summed E-state index contributed by atoms with van der Waals surface area (Å²) < 4.78 is 10.5. The number of para-hydroxylation sites is 1. The minimum Gasteiger partial charge on any atom is -0.493 e. The van der Waals surface area contributed by atoms with Crippen LogP contribution in [0.3, 0.4) is 0 Å². The number of ether oxygens (including phenoxy) is 2. The van der Waals surface area contributed by atoms with Crippen molar-refractivity contribution in [3.63, 3.8) is 0 Å². The highest BCUT2D eigenvalue weighted by Gasteiger charge is 2.21. The van der Waals surface area contributed by atoms with E-state index in [0.29, 0.717) is 22.7 Å². The molecule has 0 heterocycles. The maximum atomic E-state index is 12.6. The molecule has 2 amide bonds. The fourth-order valence-corrected chi connectivity index (χ4v) is 2.39. The number of carbonyl (C=O) groups is 2. The Morgan fingerprint density at radius 2 is 1.72 bits per heavy atom. The zero-order valence-electron chi connectivity index (χ0n) is 14.8. The Morgan fingerprint density at radius 3 is 2.32 bits per heavy atom. The molecule has 0 aromatic heterocycles. The SMILES string of the molecule is COc1cccc(C(=O)N(C)CC(=O)Nc2ccc(C)cc2)c1OC. The van der Waals surface area contributed by atoms with Crippen LogP contribution in [0.4, 0.5) is 5.69 Å². The molecule has 6 nitrogen and oxygen atoms in total. The van der Waals surface area contributed by atoms with Gasteiger partial charge in [0.15, 0.2) is 11.5 Å². The number of rotatable bonds is 6. The lowest BCUT2D eigenvalue weighted by Crippen LogP contribution is -2.35. The molecule has 1 N–H and O–H groups in total. The van der Waals surface area contributed by atoms with Crippen LogP contribution in [0.1, 0.15) is 15.9 Å². The molecular weight excluding hydrogens is 320 g/mol. The predicted molar refractivity (Wildman–Crippen MR) is 96.3 cm³/mol. The normalized spacial score (nSPS) is 10.1. The van der Waals surface area contributed by atoms with Gasteiger partial charge in [-0.15, -0.1) is 0 Å². The quantitative estimate of drug-likeness (QED) is 0.876. The molecule has 2 aromatic rings. The lowest BCUT2D eigenvalue weighted by atomic mass is 10.1. The van der Waals surface area contributed by atoms with Gasteiger partial charge in [-0.25, -0.2) is 0 Å². The maximum absolute atomic E-state index is 12.6. The second kappa shape index (κ2) is 8.19. The Kier molecular flexibility index (Phi) is 6.00. The third-order valence-electron chi connectivity index (χ3n) is 3.70. The molecular formula is C19H22N2O4. The van der Waals surface area contributed by atoms with Gasteiger partial charge >= 0.3 is 0 Å². The number of hydrogen-bond acceptors (Lipinski definition) is 4. The van der Waals surface area contributed by atoms with E-state index in [1.165, 1.54) is 19.1 Å². The average molecular weight is 342 g/mol. The van der Waals surface area contributed by atoms with Gasteiger partial charge in [-0.05, 0) is 31.2 Å². The summed E-state index contributed by atoms with van der Waals surface area (Å²) in [4.78, 5) is 26.1. The highest BCUT2D eigenvalue weighted by atomic mass is 16.5. The number of anilines is 1. The minimum atomic E-state index is -0.324. The third kappa shape index (κ3) is 4.50. The van der Waals surface area contributed by atoms with Gasteiger partial charge in [0.05, 0.1) is 26.3 Å². The molecule has 0 bridgehead atoms. The molecule has 0 aliphatic carbocycles. The van der Waals surface area contributed by atoms with E-state index in [4.69, 9.17) is 9.47 Å². The topological polar surface area (TPSA) is 67.9 Å². The molecule has 6 heteroatoms. The standard InChI is InChI=1S/C19H22N2O4/c1-13-8-10-14(11-9-13)20-17(22)12-21(2)19(23)15-6-5-7-16(24-3)18(15)25-4/h5-11H,12H2,1-4H3,(H,20,22). The second-order valence-corrected chi connectivity index (χ2v) is 5.62. The van der Waals surface area contributed by atoms with Crippen LogP contribution in [-0.4, -0.2) is 44.5 Å². The van der Waals surface area contributed by atoms with Crippen molar-refractivity contribution in [3.05, 3.63) is 53.6 Å². The molecule has 132 valence electrons. The van der Waals surface area contributed by atoms with E-state index in [1.807, 2.05) is 31.2 Å². The summed E-state index contributed by atoms with van der Waals surface area (Å²) >= 11 is 0. The molecule has 0 fully saturated rings. The summed E-state index contributed by atoms with van der Waals surface area (Å²) in [5, 5.41) is 2.77. The summed E-state index contributed by atoms with van der Waals surface area (Å²) in [5.74, 6) is 0.211. The van der Waals surface area contributed by atoms with E-state index < -0.39 is 0 Å². The number of benzene rings is 2. The number of carbonyl (C=O) groups excluding carboxylic acids is 2. The Balaban J connectivity index is 2.07. The number of likely N-dealkylation sites (N-methyl/N-ethyl adjacent to an activating group) is 1. The van der Waals surface area contributed by atoms with Crippen molar-refractivity contribution in [2.45, 2.75) is 6.92 Å². The van der Waals surface area contributed by atoms with Gasteiger partial charge in [-0.2, -0.15) is 0 Å². The molecule has 25 heavy (non-hydrogen) atoms. The van der Waals surface area contributed by atoms with Crippen LogP contribution in [0.25, 0.3) is 0 Å². The lowest BCUT2D eigenvalue weighted by Gasteiger charge is -2.19. The third-order valence-corrected chi connectivity index (χ3v) is 3.70. The summed E-state index contributed by atoms with van der Waals surface area (Å²) in [6, 6.07) is 12.5. The van der Waals surface area contributed by atoms with Crippen molar-refractivity contribution in [2.75, 3.05) is 33.1 Å². The fourth-order valence-electron chi connectivity index (χ4n) is 2.39. The van der Waals surface area contributed by atoms with Crippen LogP contribution in [0, 0.1) is 6.92 Å². The molecule has 0 atom stereocenters. The largest absolute Gasteiger partial charge is 0.493 e. The summed E-state index contributed by atoms with van der Waals surface area (Å²) in [6.07, 6.45) is 0. The monoisotopic (exact) mass is 342 g/mol. The van der Waals surface area contributed by atoms with Crippen molar-refractivity contribution in [3.8, 4) is 11.5 Å². The minimum absolute atomic E-state index is 0.0763. The number of hydrogen-bond donors (Lipinski definition) is 1. The Hall–Kier alpha value is -3.02. The first-order chi connectivity index (χ1) is 12.0. The van der Waals surface area contributed by atoms with Crippen molar-refractivity contribution < 1.29 is 19.1 Å². The highest BCUT2D eigenvalue weighted by molar-refractivity contribution is 6.01. The van der Waals surface area contributed by atoms with Gasteiger partial charge in [-0.1, -0.05) is 23.8 Å². The number of methoxy groups -OCH3 is 2. The van der Waals surface area contributed by atoms with Gasteiger partial charge in [0.2, 0.25) is 5.91 Å². The van der Waals surface area contributed by atoms with Crippen LogP contribution in [0.5, 0.6) is 11.5 Å². The predicted octanol–water partition coefficient (Wildman–Crippen LogP) is 2.72. The van der Waals surface area contributed by atoms with E-state index in [-0.39, 0.29) is 18.4 Å².